The standard InChI is InChI=1S/C50H71IN4O6/c1-30(2)35-17-23-50(25-24-48(6)36(40(35)50)15-16-38-47(5)21-19-39(56)46(3,4)37(47)18-22-49(38,48)7)45(61)52-26-20-31-11-10-12-32(27-31)42(57)54-29-34-14-13-33(28-53-34)43(58)55-41(44(59)60)51(8)9/h10-14,27-28,35-41,56H,1,15-26,29H2,2-9H3,(H,52,61)(H,54,57)(H,55,58)(H,59,60)/t35?,36?,37?,38?,39-,40?,41+,47-,48+,49+,50-/m0/s1. The monoisotopic (exact) mass is 950 g/mol. The Morgan fingerprint density at radius 1 is 0.852 bits per heavy atom. The molecule has 334 valence electrons. The fourth-order valence-electron chi connectivity index (χ4n) is 14.4. The topological polar surface area (TPSA) is 158 Å². The Morgan fingerprint density at radius 3 is 2.28 bits per heavy atom. The van der Waals surface area contributed by atoms with Gasteiger partial charge in [0.25, 0.3) is 0 Å². The number of amides is 3. The molecule has 2 aromatic rings. The van der Waals surface area contributed by atoms with Crippen LogP contribution in [0.5, 0.6) is 0 Å². The van der Waals surface area contributed by atoms with Crippen LogP contribution in [0.3, 0.4) is 0 Å². The molecule has 0 spiro atoms. The zero-order chi connectivity index (χ0) is 44.3. The number of allylic oxidation sites excluding steroid dienone is 1. The summed E-state index contributed by atoms with van der Waals surface area (Å²) in [5, 5.41) is 29.5. The van der Waals surface area contributed by atoms with Gasteiger partial charge in [0.05, 0.1) is 11.5 Å². The first-order valence-corrected chi connectivity index (χ1v) is 28.2. The molecule has 61 heavy (non-hydrogen) atoms. The number of halogens is 1. The van der Waals surface area contributed by atoms with Crippen molar-refractivity contribution in [1.29, 1.82) is 0 Å². The molecular formula is C50H71IN4O6. The van der Waals surface area contributed by atoms with Crippen molar-refractivity contribution in [1.82, 2.24) is 20.9 Å². The quantitative estimate of drug-likeness (QED) is 0.0618. The van der Waals surface area contributed by atoms with Crippen molar-refractivity contribution in [3.8, 4) is 0 Å². The molecule has 5 fully saturated rings. The number of pyridine rings is 1. The number of carboxylic acids is 1. The first-order chi connectivity index (χ1) is 28.7. The van der Waals surface area contributed by atoms with Crippen LogP contribution in [-0.4, -0.2) is 65.4 Å². The number of carbonyl (C=O) groups excluding carboxylic acids is 3. The number of benzene rings is 1. The molecule has 0 saturated heterocycles. The van der Waals surface area contributed by atoms with Gasteiger partial charge in [0.15, 0.2) is 0 Å². The Kier molecular flexibility index (Phi) is 12.7. The SMILES string of the molecule is C=C(C)C1CC[C@]2(C(=O)NCCc3cccc(C(=O)NCc4ccc(C(=O)N[C@H](C(=O)O)I(C)C)cn4)c3)CC[C@]3(C)C(CCC4[C@@]5(C)CC[C@H](O)C(C)(C)C5CC[C@]43C)C12. The van der Waals surface area contributed by atoms with E-state index < -0.39 is 41.2 Å². The van der Waals surface area contributed by atoms with Gasteiger partial charge in [0.1, 0.15) is 0 Å². The number of carbonyl (C=O) groups is 4. The van der Waals surface area contributed by atoms with E-state index in [0.717, 1.165) is 50.5 Å². The first-order valence-electron chi connectivity index (χ1n) is 22.7. The summed E-state index contributed by atoms with van der Waals surface area (Å²) < 4.78 is -0.851. The van der Waals surface area contributed by atoms with E-state index in [9.17, 15) is 29.4 Å². The second-order valence-electron chi connectivity index (χ2n) is 21.1. The average Bonchev–Trinajstić information content (AvgIpc) is 3.62. The molecule has 5 saturated carbocycles. The Hall–Kier alpha value is -3.32. The van der Waals surface area contributed by atoms with Crippen LogP contribution in [-0.2, 0) is 22.6 Å². The van der Waals surface area contributed by atoms with Gasteiger partial charge in [-0.3, -0.25) is 4.79 Å². The third-order valence-corrected chi connectivity index (χ3v) is 21.2. The van der Waals surface area contributed by atoms with Crippen LogP contribution in [0.1, 0.15) is 138 Å². The van der Waals surface area contributed by atoms with Crippen molar-refractivity contribution in [3.63, 3.8) is 0 Å². The van der Waals surface area contributed by atoms with E-state index in [1.54, 1.807) is 18.2 Å². The smallest absolute Gasteiger partial charge is 0.393 e. The van der Waals surface area contributed by atoms with Crippen molar-refractivity contribution in [2.45, 2.75) is 129 Å². The molecule has 5 aliphatic carbocycles. The number of hydrogen-bond donors (Lipinski definition) is 5. The van der Waals surface area contributed by atoms with E-state index in [1.807, 2.05) is 28.1 Å². The van der Waals surface area contributed by atoms with Gasteiger partial charge in [-0.15, -0.1) is 0 Å². The van der Waals surface area contributed by atoms with E-state index in [-0.39, 0.29) is 57.6 Å². The van der Waals surface area contributed by atoms with Crippen molar-refractivity contribution >= 4 is 43.5 Å². The molecule has 5 N–H and O–H groups in total. The van der Waals surface area contributed by atoms with E-state index in [4.69, 9.17) is 0 Å². The maximum absolute atomic E-state index is 14.7. The number of aliphatic hydroxyl groups is 1. The number of rotatable bonds is 12. The van der Waals surface area contributed by atoms with E-state index >= 15 is 0 Å². The molecule has 1 aromatic heterocycles. The summed E-state index contributed by atoms with van der Waals surface area (Å²) in [7, 11) is 0. The van der Waals surface area contributed by atoms with Gasteiger partial charge in [0.2, 0.25) is 5.91 Å². The molecule has 11 heteroatoms. The van der Waals surface area contributed by atoms with Gasteiger partial charge in [-0.2, -0.15) is 0 Å². The molecule has 7 rings (SSSR count). The summed E-state index contributed by atoms with van der Waals surface area (Å²) in [5.41, 5.74) is 3.60. The van der Waals surface area contributed by atoms with E-state index in [1.165, 1.54) is 31.0 Å². The molecule has 0 radical (unpaired) electrons. The fourth-order valence-corrected chi connectivity index (χ4v) is 16.4. The van der Waals surface area contributed by atoms with Gasteiger partial charge in [-0.25, -0.2) is 0 Å². The third-order valence-electron chi connectivity index (χ3n) is 17.8. The fraction of sp³-hybridized carbons (Fsp3) is 0.660. The number of fused-ring (bicyclic) bond motifs is 7. The Bertz CT molecular complexity index is 2040. The number of aliphatic carboxylic acids is 1. The molecular weight excluding hydrogens is 879 g/mol. The summed E-state index contributed by atoms with van der Waals surface area (Å²) in [6.45, 7) is 19.8. The zero-order valence-electron chi connectivity index (χ0n) is 37.8. The second-order valence-corrected chi connectivity index (χ2v) is 27.0. The summed E-state index contributed by atoms with van der Waals surface area (Å²) in [4.78, 5) is 60.2. The number of carboxylic acid groups (broad SMARTS) is 1. The molecule has 10 nitrogen and oxygen atoms in total. The van der Waals surface area contributed by atoms with Gasteiger partial charge in [-0.05, 0) is 134 Å². The summed E-state index contributed by atoms with van der Waals surface area (Å²) in [6.07, 6.45) is 12.4. The van der Waals surface area contributed by atoms with Crippen LogP contribution in [0.4, 0.5) is 0 Å². The molecule has 5 aliphatic rings. The van der Waals surface area contributed by atoms with E-state index in [2.05, 4.69) is 69.1 Å². The van der Waals surface area contributed by atoms with Gasteiger partial charge in [-0.1, -0.05) is 58.9 Å². The minimum Gasteiger partial charge on any atom is -0.393 e. The Labute approximate surface area is 371 Å². The van der Waals surface area contributed by atoms with Crippen LogP contribution in [0.25, 0.3) is 0 Å². The predicted molar refractivity (Wildman–Crippen MR) is 248 cm³/mol. The minimum absolute atomic E-state index is 0.0720. The average molecular weight is 951 g/mol. The van der Waals surface area contributed by atoms with Gasteiger partial charge < -0.3 is 10.4 Å². The summed E-state index contributed by atoms with van der Waals surface area (Å²) in [5.74, 6) is 0.669. The minimum atomic E-state index is -1.84. The normalized spacial score (nSPS) is 35.5. The maximum atomic E-state index is 14.7. The summed E-state index contributed by atoms with van der Waals surface area (Å²) >= 11 is -1.84. The van der Waals surface area contributed by atoms with Crippen LogP contribution < -0.4 is 16.0 Å². The molecule has 11 atom stereocenters. The molecule has 1 heterocycles. The van der Waals surface area contributed by atoms with Crippen LogP contribution in [0.2, 0.25) is 0 Å². The molecule has 0 aliphatic heterocycles. The molecule has 3 amide bonds. The number of aliphatic hydroxyl groups excluding tert-OH is 1. The van der Waals surface area contributed by atoms with Crippen molar-refractivity contribution in [3.05, 3.63) is 77.1 Å². The summed E-state index contributed by atoms with van der Waals surface area (Å²) in [6, 6.07) is 10.7. The van der Waals surface area contributed by atoms with Gasteiger partial charge >= 0.3 is 140 Å². The van der Waals surface area contributed by atoms with E-state index in [0.29, 0.717) is 47.9 Å². The van der Waals surface area contributed by atoms with Crippen LogP contribution in [0, 0.1) is 56.7 Å². The Morgan fingerprint density at radius 2 is 1.61 bits per heavy atom. The van der Waals surface area contributed by atoms with Crippen molar-refractivity contribution < 1.29 is 29.4 Å². The number of alkyl halides is 3. The zero-order valence-corrected chi connectivity index (χ0v) is 40.0. The number of hydrogen-bond acceptors (Lipinski definition) is 6. The number of aromatic nitrogens is 1. The molecule has 1 aromatic carbocycles. The number of nitrogens with zero attached hydrogens (tertiary/aromatic N) is 1. The first kappa shape index (κ1) is 45.7. The third kappa shape index (κ3) is 7.88. The predicted octanol–water partition coefficient (Wildman–Crippen LogP) is 8.60. The van der Waals surface area contributed by atoms with Crippen molar-refractivity contribution in [2.24, 2.45) is 56.7 Å². The van der Waals surface area contributed by atoms with Crippen LogP contribution >= 0.6 is 19.8 Å². The van der Waals surface area contributed by atoms with Crippen LogP contribution in [0.15, 0.2) is 54.7 Å². The number of nitrogens with one attached hydrogen (secondary N) is 3. The second kappa shape index (κ2) is 17.0. The molecule has 0 bridgehead atoms. The van der Waals surface area contributed by atoms with Gasteiger partial charge in [0, 0.05) is 6.54 Å². The van der Waals surface area contributed by atoms with Crippen molar-refractivity contribution in [2.75, 3.05) is 16.4 Å². The Balaban J connectivity index is 0.983. The molecule has 5 unspecified atom stereocenters.